The first-order chi connectivity index (χ1) is 12.2. The smallest absolute Gasteiger partial charge is 0.307 e. The highest BCUT2D eigenvalue weighted by Gasteiger charge is 2.39. The summed E-state index contributed by atoms with van der Waals surface area (Å²) in [6.45, 7) is 0.427. The van der Waals surface area contributed by atoms with Crippen molar-refractivity contribution in [2.75, 3.05) is 7.11 Å². The summed E-state index contributed by atoms with van der Waals surface area (Å²) < 4.78 is 4.70. The maximum Gasteiger partial charge on any atom is 0.307 e. The fourth-order valence-electron chi connectivity index (χ4n) is 2.48. The number of aliphatic imine (C=N–C) groups is 1. The second kappa shape index (κ2) is 7.98. The molecule has 2 aromatic carbocycles. The number of nitrogens with zero attached hydrogens (tertiary/aromatic N) is 2. The predicted molar refractivity (Wildman–Crippen MR) is 98.5 cm³/mol. The first-order valence-electron chi connectivity index (χ1n) is 7.90. The molecule has 5 nitrogen and oxygen atoms in total. The van der Waals surface area contributed by atoms with Gasteiger partial charge in [-0.3, -0.25) is 14.5 Å². The van der Waals surface area contributed by atoms with Crippen LogP contribution in [0, 0.1) is 0 Å². The van der Waals surface area contributed by atoms with E-state index < -0.39 is 11.2 Å². The van der Waals surface area contributed by atoms with Crippen molar-refractivity contribution in [3.63, 3.8) is 0 Å². The molecule has 0 N–H and O–H groups in total. The number of carbonyl (C=O) groups excluding carboxylic acids is 2. The van der Waals surface area contributed by atoms with Crippen molar-refractivity contribution in [3.05, 3.63) is 66.2 Å². The van der Waals surface area contributed by atoms with Gasteiger partial charge in [-0.05, 0) is 17.7 Å². The van der Waals surface area contributed by atoms with Crippen LogP contribution in [0.4, 0.5) is 5.69 Å². The van der Waals surface area contributed by atoms with Crippen LogP contribution in [0.15, 0.2) is 65.7 Å². The Hall–Kier alpha value is -2.60. The summed E-state index contributed by atoms with van der Waals surface area (Å²) >= 11 is 1.31. The average Bonchev–Trinajstić information content (AvgIpc) is 2.92. The van der Waals surface area contributed by atoms with E-state index in [4.69, 9.17) is 4.74 Å². The summed E-state index contributed by atoms with van der Waals surface area (Å²) in [5, 5.41) is 0.104. The first-order valence-corrected chi connectivity index (χ1v) is 8.78. The molecule has 0 unspecified atom stereocenters. The van der Waals surface area contributed by atoms with Gasteiger partial charge in [0.2, 0.25) is 5.91 Å². The molecule has 1 aliphatic rings. The molecule has 1 fully saturated rings. The first kappa shape index (κ1) is 17.2. The number of esters is 1. The number of rotatable bonds is 5. The van der Waals surface area contributed by atoms with Crippen LogP contribution in [0.2, 0.25) is 0 Å². The third-order valence-electron chi connectivity index (χ3n) is 3.76. The topological polar surface area (TPSA) is 59.0 Å². The van der Waals surface area contributed by atoms with E-state index in [0.29, 0.717) is 11.7 Å². The summed E-state index contributed by atoms with van der Waals surface area (Å²) in [6.07, 6.45) is 0.0408. The van der Waals surface area contributed by atoms with E-state index in [0.717, 1.165) is 11.3 Å². The fourth-order valence-corrected chi connectivity index (χ4v) is 3.63. The van der Waals surface area contributed by atoms with Crippen molar-refractivity contribution >= 4 is 34.5 Å². The SMILES string of the molecule is COC(=O)C[C@@H]1SC(=Nc2ccccc2)N(Cc2ccccc2)C1=O. The Morgan fingerprint density at radius 1 is 1.12 bits per heavy atom. The standard InChI is InChI=1S/C19H18N2O3S/c1-24-17(22)12-16-18(23)21(13-14-8-4-2-5-9-14)19(25-16)20-15-10-6-3-7-11-15/h2-11,16H,12-13H2,1H3/t16-/m0/s1. The summed E-state index contributed by atoms with van der Waals surface area (Å²) in [5.74, 6) is -0.514. The molecule has 1 saturated heterocycles. The minimum atomic E-state index is -0.501. The molecule has 0 aromatic heterocycles. The number of benzene rings is 2. The van der Waals surface area contributed by atoms with Crippen LogP contribution in [0.3, 0.4) is 0 Å². The molecule has 1 amide bonds. The third-order valence-corrected chi connectivity index (χ3v) is 4.94. The Balaban J connectivity index is 1.87. The molecule has 25 heavy (non-hydrogen) atoms. The molecule has 0 bridgehead atoms. The molecule has 1 aliphatic heterocycles. The van der Waals surface area contributed by atoms with Gasteiger partial charge in [-0.2, -0.15) is 0 Å². The lowest BCUT2D eigenvalue weighted by atomic mass is 10.2. The molecule has 0 saturated carbocycles. The number of amides is 1. The van der Waals surface area contributed by atoms with Crippen molar-refractivity contribution in [1.29, 1.82) is 0 Å². The Kier molecular flexibility index (Phi) is 5.50. The summed E-state index contributed by atoms with van der Waals surface area (Å²) in [7, 11) is 1.33. The lowest BCUT2D eigenvalue weighted by Crippen LogP contribution is -2.32. The van der Waals surface area contributed by atoms with Gasteiger partial charge in [-0.15, -0.1) is 0 Å². The minimum Gasteiger partial charge on any atom is -0.469 e. The molecule has 1 atom stereocenters. The van der Waals surface area contributed by atoms with E-state index in [9.17, 15) is 9.59 Å². The lowest BCUT2D eigenvalue weighted by molar-refractivity contribution is -0.142. The molecule has 0 aliphatic carbocycles. The van der Waals surface area contributed by atoms with Crippen molar-refractivity contribution in [2.24, 2.45) is 4.99 Å². The van der Waals surface area contributed by atoms with Gasteiger partial charge in [0.05, 0.1) is 25.8 Å². The molecular weight excluding hydrogens is 336 g/mol. The summed E-state index contributed by atoms with van der Waals surface area (Å²) in [5.41, 5.74) is 1.78. The van der Waals surface area contributed by atoms with Gasteiger partial charge >= 0.3 is 5.97 Å². The predicted octanol–water partition coefficient (Wildman–Crippen LogP) is 3.38. The average molecular weight is 354 g/mol. The number of para-hydroxylation sites is 1. The van der Waals surface area contributed by atoms with E-state index in [1.165, 1.54) is 18.9 Å². The quantitative estimate of drug-likeness (QED) is 0.773. The zero-order chi connectivity index (χ0) is 17.6. The Morgan fingerprint density at radius 3 is 2.40 bits per heavy atom. The van der Waals surface area contributed by atoms with Gasteiger partial charge in [0.25, 0.3) is 0 Å². The second-order valence-corrected chi connectivity index (χ2v) is 6.70. The van der Waals surface area contributed by atoms with Gasteiger partial charge in [0.15, 0.2) is 5.17 Å². The molecule has 1 heterocycles. The molecule has 0 radical (unpaired) electrons. The van der Waals surface area contributed by atoms with Crippen LogP contribution in [0.5, 0.6) is 0 Å². The normalized spacial score (nSPS) is 18.6. The molecule has 3 rings (SSSR count). The lowest BCUT2D eigenvalue weighted by Gasteiger charge is -2.16. The highest BCUT2D eigenvalue weighted by molar-refractivity contribution is 8.15. The van der Waals surface area contributed by atoms with Crippen molar-refractivity contribution in [2.45, 2.75) is 18.2 Å². The zero-order valence-electron chi connectivity index (χ0n) is 13.8. The van der Waals surface area contributed by atoms with Crippen molar-refractivity contribution in [3.8, 4) is 0 Å². The molecular formula is C19H18N2O3S. The molecule has 6 heteroatoms. The van der Waals surface area contributed by atoms with Gasteiger partial charge < -0.3 is 4.74 Å². The van der Waals surface area contributed by atoms with Crippen LogP contribution < -0.4 is 0 Å². The number of amidine groups is 1. The molecule has 2 aromatic rings. The van der Waals surface area contributed by atoms with E-state index >= 15 is 0 Å². The highest BCUT2D eigenvalue weighted by Crippen LogP contribution is 2.32. The van der Waals surface area contributed by atoms with E-state index in [1.54, 1.807) is 4.90 Å². The van der Waals surface area contributed by atoms with Crippen LogP contribution in [-0.4, -0.2) is 34.3 Å². The second-order valence-electron chi connectivity index (χ2n) is 5.53. The van der Waals surface area contributed by atoms with E-state index in [2.05, 4.69) is 4.99 Å². The maximum absolute atomic E-state index is 12.8. The fraction of sp³-hybridized carbons (Fsp3) is 0.211. The molecule has 128 valence electrons. The Labute approximate surface area is 150 Å². The third kappa shape index (κ3) is 4.28. The van der Waals surface area contributed by atoms with Gasteiger partial charge in [0.1, 0.15) is 5.25 Å². The van der Waals surface area contributed by atoms with Crippen LogP contribution >= 0.6 is 11.8 Å². The Morgan fingerprint density at radius 2 is 1.76 bits per heavy atom. The number of methoxy groups -OCH3 is 1. The van der Waals surface area contributed by atoms with Gasteiger partial charge in [-0.25, -0.2) is 4.99 Å². The zero-order valence-corrected chi connectivity index (χ0v) is 14.6. The van der Waals surface area contributed by atoms with Crippen molar-refractivity contribution in [1.82, 2.24) is 4.90 Å². The van der Waals surface area contributed by atoms with Crippen LogP contribution in [0.1, 0.15) is 12.0 Å². The molecule has 0 spiro atoms. The largest absolute Gasteiger partial charge is 0.469 e. The Bertz CT molecular complexity index is 778. The number of ether oxygens (including phenoxy) is 1. The number of carbonyl (C=O) groups is 2. The monoisotopic (exact) mass is 354 g/mol. The van der Waals surface area contributed by atoms with E-state index in [1.807, 2.05) is 60.7 Å². The van der Waals surface area contributed by atoms with E-state index in [-0.39, 0.29) is 12.3 Å². The summed E-state index contributed by atoms with van der Waals surface area (Å²) in [6, 6.07) is 19.2. The van der Waals surface area contributed by atoms with Gasteiger partial charge in [0, 0.05) is 0 Å². The number of thioether (sulfide) groups is 1. The highest BCUT2D eigenvalue weighted by atomic mass is 32.2. The van der Waals surface area contributed by atoms with Crippen LogP contribution in [0.25, 0.3) is 0 Å². The van der Waals surface area contributed by atoms with Crippen molar-refractivity contribution < 1.29 is 14.3 Å². The van der Waals surface area contributed by atoms with Gasteiger partial charge in [-0.1, -0.05) is 60.3 Å². The summed E-state index contributed by atoms with van der Waals surface area (Å²) in [4.78, 5) is 30.6. The number of hydrogen-bond donors (Lipinski definition) is 0. The number of hydrogen-bond acceptors (Lipinski definition) is 5. The minimum absolute atomic E-state index is 0.0408. The van der Waals surface area contributed by atoms with Crippen LogP contribution in [-0.2, 0) is 20.9 Å². The maximum atomic E-state index is 12.8.